The number of aromatic nitrogens is 1. The minimum atomic E-state index is -0.712. The maximum absolute atomic E-state index is 12.7. The van der Waals surface area contributed by atoms with E-state index in [1.54, 1.807) is 48.7 Å². The molecule has 2 aromatic rings. The minimum Gasteiger partial charge on any atom is -0.502 e. The molecule has 1 aliphatic rings. The van der Waals surface area contributed by atoms with Crippen LogP contribution in [0.1, 0.15) is 25.1 Å². The maximum Gasteiger partial charge on any atom is 0.296 e. The Morgan fingerprint density at radius 2 is 1.81 bits per heavy atom. The monoisotopic (exact) mass is 352 g/mol. The molecular weight excluding hydrogens is 332 g/mol. The molecule has 0 unspecified atom stereocenters. The summed E-state index contributed by atoms with van der Waals surface area (Å²) in [5.74, 6) is -0.716. The number of aliphatic hydroxyl groups excluding tert-OH is 1. The van der Waals surface area contributed by atoms with Gasteiger partial charge in [0.1, 0.15) is 5.75 Å². The largest absolute Gasteiger partial charge is 0.502 e. The van der Waals surface area contributed by atoms with E-state index >= 15 is 0 Å². The molecule has 134 valence electrons. The Morgan fingerprint density at radius 1 is 1.08 bits per heavy atom. The number of carbonyl (C=O) groups is 2. The number of rotatable bonds is 6. The number of benzene rings is 1. The molecular formula is C20H20N2O4. The van der Waals surface area contributed by atoms with Crippen LogP contribution >= 0.6 is 0 Å². The molecule has 6 heteroatoms. The number of pyridine rings is 1. The molecule has 26 heavy (non-hydrogen) atoms. The normalized spacial score (nSPS) is 14.5. The molecule has 1 aromatic heterocycles. The summed E-state index contributed by atoms with van der Waals surface area (Å²) in [5, 5.41) is 10.2. The second kappa shape index (κ2) is 7.39. The van der Waals surface area contributed by atoms with Crippen LogP contribution in [0.25, 0.3) is 5.57 Å². The van der Waals surface area contributed by atoms with Crippen molar-refractivity contribution in [3.63, 3.8) is 0 Å². The Labute approximate surface area is 151 Å². The van der Waals surface area contributed by atoms with E-state index in [1.807, 2.05) is 0 Å². The van der Waals surface area contributed by atoms with Crippen LogP contribution in [-0.2, 0) is 16.1 Å². The highest BCUT2D eigenvalue weighted by Gasteiger charge is 2.39. The number of aliphatic hydroxyl groups is 1. The summed E-state index contributed by atoms with van der Waals surface area (Å²) in [7, 11) is 0. The fourth-order valence-electron chi connectivity index (χ4n) is 2.60. The minimum absolute atomic E-state index is 0.00124. The third-order valence-electron chi connectivity index (χ3n) is 3.92. The maximum atomic E-state index is 12.7. The van der Waals surface area contributed by atoms with Crippen LogP contribution in [0.4, 0.5) is 0 Å². The molecule has 0 saturated carbocycles. The van der Waals surface area contributed by atoms with Crippen molar-refractivity contribution in [1.29, 1.82) is 0 Å². The van der Waals surface area contributed by atoms with Crippen molar-refractivity contribution in [3.8, 4) is 5.75 Å². The van der Waals surface area contributed by atoms with Crippen LogP contribution in [-0.4, -0.2) is 33.4 Å². The molecule has 0 saturated heterocycles. The second-order valence-electron chi connectivity index (χ2n) is 6.47. The van der Waals surface area contributed by atoms with Crippen LogP contribution in [0.2, 0.25) is 0 Å². The average Bonchev–Trinajstić information content (AvgIpc) is 2.85. The van der Waals surface area contributed by atoms with Crippen molar-refractivity contribution < 1.29 is 19.4 Å². The van der Waals surface area contributed by atoms with Crippen LogP contribution in [0.15, 0.2) is 54.4 Å². The number of imide groups is 1. The van der Waals surface area contributed by atoms with E-state index < -0.39 is 17.6 Å². The molecule has 1 aliphatic heterocycles. The van der Waals surface area contributed by atoms with Gasteiger partial charge in [-0.2, -0.15) is 0 Å². The first-order valence-electron chi connectivity index (χ1n) is 8.40. The quantitative estimate of drug-likeness (QED) is 0.809. The van der Waals surface area contributed by atoms with Crippen molar-refractivity contribution in [2.45, 2.75) is 20.4 Å². The predicted octanol–water partition coefficient (Wildman–Crippen LogP) is 2.95. The van der Waals surface area contributed by atoms with Gasteiger partial charge in [-0.1, -0.05) is 32.0 Å². The fourth-order valence-corrected chi connectivity index (χ4v) is 2.60. The molecule has 0 aliphatic carbocycles. The Balaban J connectivity index is 1.79. The van der Waals surface area contributed by atoms with Crippen molar-refractivity contribution in [2.75, 3.05) is 6.61 Å². The third kappa shape index (κ3) is 3.59. The van der Waals surface area contributed by atoms with Crippen LogP contribution in [0.3, 0.4) is 0 Å². The van der Waals surface area contributed by atoms with Crippen LogP contribution in [0, 0.1) is 5.92 Å². The number of hydrogen-bond acceptors (Lipinski definition) is 5. The number of amides is 2. The second-order valence-corrected chi connectivity index (χ2v) is 6.47. The number of nitrogens with zero attached hydrogens (tertiary/aromatic N) is 2. The molecule has 2 amide bonds. The van der Waals surface area contributed by atoms with Gasteiger partial charge in [0.2, 0.25) is 0 Å². The Kier molecular flexibility index (Phi) is 5.02. The molecule has 1 aromatic carbocycles. The van der Waals surface area contributed by atoms with Crippen LogP contribution in [0.5, 0.6) is 5.75 Å². The highest BCUT2D eigenvalue weighted by molar-refractivity contribution is 6.34. The lowest BCUT2D eigenvalue weighted by molar-refractivity contribution is -0.138. The fraction of sp³-hybridized carbons (Fsp3) is 0.250. The van der Waals surface area contributed by atoms with E-state index in [4.69, 9.17) is 4.74 Å². The molecule has 1 N–H and O–H groups in total. The predicted molar refractivity (Wildman–Crippen MR) is 96.1 cm³/mol. The molecule has 0 fully saturated rings. The summed E-state index contributed by atoms with van der Waals surface area (Å²) in [6.07, 6.45) is 1.59. The van der Waals surface area contributed by atoms with E-state index in [0.717, 1.165) is 4.90 Å². The third-order valence-corrected chi connectivity index (χ3v) is 3.92. The lowest BCUT2D eigenvalue weighted by Gasteiger charge is -2.14. The van der Waals surface area contributed by atoms with Gasteiger partial charge >= 0.3 is 0 Å². The van der Waals surface area contributed by atoms with Crippen molar-refractivity contribution in [3.05, 3.63) is 65.7 Å². The van der Waals surface area contributed by atoms with E-state index in [2.05, 4.69) is 18.8 Å². The Bertz CT molecular complexity index is 842. The molecule has 0 spiro atoms. The molecule has 3 rings (SSSR count). The van der Waals surface area contributed by atoms with Crippen molar-refractivity contribution >= 4 is 17.4 Å². The standard InChI is InChI=1S/C20H20N2O4/c1-13(2)12-26-16-8-6-14(7-9-16)17-18(23)20(25)22(19(17)24)11-15-5-3-4-10-21-15/h3-10,13,23H,11-12H2,1-2H3. The molecule has 0 atom stereocenters. The summed E-state index contributed by atoms with van der Waals surface area (Å²) in [5.41, 5.74) is 1.04. The van der Waals surface area contributed by atoms with Gasteiger partial charge < -0.3 is 9.84 Å². The molecule has 0 bridgehead atoms. The van der Waals surface area contributed by atoms with E-state index in [0.29, 0.717) is 29.5 Å². The van der Waals surface area contributed by atoms with Gasteiger partial charge in [-0.3, -0.25) is 19.5 Å². The van der Waals surface area contributed by atoms with Gasteiger partial charge in [0.15, 0.2) is 5.76 Å². The van der Waals surface area contributed by atoms with Crippen molar-refractivity contribution in [1.82, 2.24) is 9.88 Å². The zero-order valence-corrected chi connectivity index (χ0v) is 14.7. The number of ether oxygens (including phenoxy) is 1. The first kappa shape index (κ1) is 17.7. The zero-order chi connectivity index (χ0) is 18.7. The molecule has 6 nitrogen and oxygen atoms in total. The number of hydrogen-bond donors (Lipinski definition) is 1. The summed E-state index contributed by atoms with van der Waals surface area (Å²) in [6.45, 7) is 4.70. The Morgan fingerprint density at radius 3 is 2.42 bits per heavy atom. The van der Waals surface area contributed by atoms with E-state index in [1.165, 1.54) is 0 Å². The first-order chi connectivity index (χ1) is 12.5. The van der Waals surface area contributed by atoms with Gasteiger partial charge in [-0.25, -0.2) is 0 Å². The molecule has 0 radical (unpaired) electrons. The lowest BCUT2D eigenvalue weighted by atomic mass is 10.1. The average molecular weight is 352 g/mol. The van der Waals surface area contributed by atoms with E-state index in [9.17, 15) is 14.7 Å². The highest BCUT2D eigenvalue weighted by Crippen LogP contribution is 2.30. The summed E-state index contributed by atoms with van der Waals surface area (Å²) >= 11 is 0. The van der Waals surface area contributed by atoms with Gasteiger partial charge in [0.05, 0.1) is 24.4 Å². The van der Waals surface area contributed by atoms with Gasteiger partial charge in [0, 0.05) is 6.20 Å². The van der Waals surface area contributed by atoms with Crippen molar-refractivity contribution in [2.24, 2.45) is 5.92 Å². The zero-order valence-electron chi connectivity index (χ0n) is 14.7. The van der Waals surface area contributed by atoms with E-state index in [-0.39, 0.29) is 12.1 Å². The van der Waals surface area contributed by atoms with Gasteiger partial charge in [0.25, 0.3) is 11.8 Å². The smallest absolute Gasteiger partial charge is 0.296 e. The summed E-state index contributed by atoms with van der Waals surface area (Å²) < 4.78 is 5.61. The summed E-state index contributed by atoms with van der Waals surface area (Å²) in [4.78, 5) is 30.1. The lowest BCUT2D eigenvalue weighted by Crippen LogP contribution is -2.31. The Hall–Kier alpha value is -3.15. The first-order valence-corrected chi connectivity index (χ1v) is 8.40. The summed E-state index contributed by atoms with van der Waals surface area (Å²) in [6, 6.07) is 12.0. The SMILES string of the molecule is CC(C)COc1ccc(C2=C(O)C(=O)N(Cc3ccccn3)C2=O)cc1. The van der Waals surface area contributed by atoms with Gasteiger partial charge in [-0.15, -0.1) is 0 Å². The van der Waals surface area contributed by atoms with Gasteiger partial charge in [-0.05, 0) is 35.7 Å². The molecule has 2 heterocycles. The van der Waals surface area contributed by atoms with Crippen LogP contribution < -0.4 is 4.74 Å². The number of carbonyl (C=O) groups excluding carboxylic acids is 2. The topological polar surface area (TPSA) is 79.7 Å². The highest BCUT2D eigenvalue weighted by atomic mass is 16.5.